The molecule has 0 unspecified atom stereocenters. The number of likely N-dealkylation sites (tertiary alicyclic amines) is 1. The first kappa shape index (κ1) is 23.9. The van der Waals surface area contributed by atoms with E-state index in [1.54, 1.807) is 31.5 Å². The number of carbonyl (C=O) groups is 1. The number of piperidine rings is 1. The highest BCUT2D eigenvalue weighted by molar-refractivity contribution is 6.38. The Kier molecular flexibility index (Phi) is 6.84. The molecule has 4 aromatic rings. The van der Waals surface area contributed by atoms with Crippen molar-refractivity contribution in [1.29, 1.82) is 0 Å². The first-order valence-electron chi connectivity index (χ1n) is 11.5. The topological polar surface area (TPSA) is 90.5 Å². The summed E-state index contributed by atoms with van der Waals surface area (Å²) in [5.41, 5.74) is 2.85. The number of pyridine rings is 1. The number of hydrogen-bond donors (Lipinski definition) is 3. The van der Waals surface area contributed by atoms with Gasteiger partial charge >= 0.3 is 0 Å². The first-order chi connectivity index (χ1) is 16.9. The van der Waals surface area contributed by atoms with Gasteiger partial charge in [0.25, 0.3) is 5.91 Å². The van der Waals surface area contributed by atoms with Gasteiger partial charge in [-0.2, -0.15) is 0 Å². The van der Waals surface area contributed by atoms with Gasteiger partial charge in [-0.1, -0.05) is 23.2 Å². The number of aromatic nitrogens is 2. The van der Waals surface area contributed by atoms with Crippen LogP contribution < -0.4 is 10.1 Å². The summed E-state index contributed by atoms with van der Waals surface area (Å²) in [6.45, 7) is 2.07. The van der Waals surface area contributed by atoms with Crippen molar-refractivity contribution in [3.63, 3.8) is 0 Å². The molecule has 0 aliphatic carbocycles. The molecule has 0 bridgehead atoms. The molecule has 1 aliphatic heterocycles. The van der Waals surface area contributed by atoms with Crippen LogP contribution in [-0.2, 0) is 0 Å². The lowest BCUT2D eigenvalue weighted by Crippen LogP contribution is -2.45. The van der Waals surface area contributed by atoms with Gasteiger partial charge in [-0.25, -0.2) is 0 Å². The van der Waals surface area contributed by atoms with E-state index in [2.05, 4.69) is 20.2 Å². The smallest absolute Gasteiger partial charge is 0.267 e. The molecule has 5 rings (SSSR count). The average molecular weight is 513 g/mol. The van der Waals surface area contributed by atoms with Crippen molar-refractivity contribution in [3.05, 3.63) is 70.0 Å². The summed E-state index contributed by atoms with van der Waals surface area (Å²) >= 11 is 12.3. The SMILES string of the molecule is COc1ccc2nccc([C@@H](O)CN3CCC(NC(=O)c4cc5c(Cl)cc(Cl)cc5[nH]4)CC3)c2c1. The van der Waals surface area contributed by atoms with Gasteiger partial charge in [0.2, 0.25) is 0 Å². The number of aromatic amines is 1. The van der Waals surface area contributed by atoms with Gasteiger partial charge in [-0.05, 0) is 60.9 Å². The molecule has 2 aromatic heterocycles. The number of fused-ring (bicyclic) bond motifs is 2. The summed E-state index contributed by atoms with van der Waals surface area (Å²) in [6, 6.07) is 12.8. The number of aliphatic hydroxyl groups is 1. The van der Waals surface area contributed by atoms with E-state index < -0.39 is 6.10 Å². The minimum Gasteiger partial charge on any atom is -0.497 e. The number of amides is 1. The zero-order valence-electron chi connectivity index (χ0n) is 19.2. The predicted octanol–water partition coefficient (Wildman–Crippen LogP) is 4.96. The summed E-state index contributed by atoms with van der Waals surface area (Å²) in [5, 5.41) is 16.8. The number of H-pyrrole nitrogens is 1. The largest absolute Gasteiger partial charge is 0.497 e. The Labute approximate surface area is 213 Å². The molecule has 9 heteroatoms. The number of methoxy groups -OCH3 is 1. The lowest BCUT2D eigenvalue weighted by molar-refractivity contribution is 0.0828. The molecule has 7 nitrogen and oxygen atoms in total. The van der Waals surface area contributed by atoms with Crippen molar-refractivity contribution in [3.8, 4) is 5.75 Å². The van der Waals surface area contributed by atoms with Crippen molar-refractivity contribution < 1.29 is 14.6 Å². The maximum atomic E-state index is 12.8. The van der Waals surface area contributed by atoms with Gasteiger partial charge in [0.1, 0.15) is 11.4 Å². The van der Waals surface area contributed by atoms with Crippen LogP contribution in [0.3, 0.4) is 0 Å². The van der Waals surface area contributed by atoms with Crippen LogP contribution in [0.5, 0.6) is 5.75 Å². The maximum absolute atomic E-state index is 12.8. The fourth-order valence-corrected chi connectivity index (χ4v) is 5.26. The zero-order chi connectivity index (χ0) is 24.5. The van der Waals surface area contributed by atoms with Crippen LogP contribution in [0, 0.1) is 0 Å². The quantitative estimate of drug-likeness (QED) is 0.339. The van der Waals surface area contributed by atoms with E-state index >= 15 is 0 Å². The summed E-state index contributed by atoms with van der Waals surface area (Å²) in [6.07, 6.45) is 2.67. The molecule has 3 heterocycles. The Bertz CT molecular complexity index is 1380. The van der Waals surface area contributed by atoms with Crippen LogP contribution in [0.1, 0.15) is 35.0 Å². The second kappa shape index (κ2) is 10.0. The fraction of sp³-hybridized carbons (Fsp3) is 0.308. The van der Waals surface area contributed by atoms with E-state index in [0.717, 1.165) is 59.0 Å². The van der Waals surface area contributed by atoms with E-state index in [4.69, 9.17) is 27.9 Å². The number of ether oxygens (including phenoxy) is 1. The number of carbonyl (C=O) groups excluding carboxylic acids is 1. The first-order valence-corrected chi connectivity index (χ1v) is 12.3. The highest BCUT2D eigenvalue weighted by Gasteiger charge is 2.24. The van der Waals surface area contributed by atoms with E-state index in [0.29, 0.717) is 22.3 Å². The maximum Gasteiger partial charge on any atom is 0.267 e. The molecular formula is C26H26Cl2N4O3. The molecule has 1 aliphatic rings. The van der Waals surface area contributed by atoms with E-state index in [9.17, 15) is 9.90 Å². The molecule has 1 atom stereocenters. The lowest BCUT2D eigenvalue weighted by Gasteiger charge is -2.33. The third-order valence-electron chi connectivity index (χ3n) is 6.59. The second-order valence-corrected chi connectivity index (χ2v) is 9.72. The van der Waals surface area contributed by atoms with E-state index in [-0.39, 0.29) is 11.9 Å². The fourth-order valence-electron chi connectivity index (χ4n) is 4.71. The number of β-amino-alcohol motifs (C(OH)–C–C–N with tert-alkyl or cyclic N) is 1. The number of rotatable bonds is 6. The van der Waals surface area contributed by atoms with Crippen molar-refractivity contribution >= 4 is 50.9 Å². The van der Waals surface area contributed by atoms with Crippen LogP contribution in [-0.4, -0.2) is 58.7 Å². The third kappa shape index (κ3) is 5.09. The van der Waals surface area contributed by atoms with Crippen LogP contribution in [0.25, 0.3) is 21.8 Å². The van der Waals surface area contributed by atoms with Crippen molar-refractivity contribution in [2.45, 2.75) is 25.0 Å². The summed E-state index contributed by atoms with van der Waals surface area (Å²) in [7, 11) is 1.62. The van der Waals surface area contributed by atoms with Gasteiger partial charge in [-0.15, -0.1) is 0 Å². The highest BCUT2D eigenvalue weighted by atomic mass is 35.5. The number of nitrogens with one attached hydrogen (secondary N) is 2. The van der Waals surface area contributed by atoms with Gasteiger partial charge in [0.15, 0.2) is 0 Å². The Morgan fingerprint density at radius 3 is 2.77 bits per heavy atom. The Morgan fingerprint density at radius 1 is 1.20 bits per heavy atom. The summed E-state index contributed by atoms with van der Waals surface area (Å²) in [5.74, 6) is 0.569. The molecule has 3 N–H and O–H groups in total. The van der Waals surface area contributed by atoms with Crippen molar-refractivity contribution in [2.24, 2.45) is 0 Å². The van der Waals surface area contributed by atoms with E-state index in [1.165, 1.54) is 0 Å². The Hall–Kier alpha value is -2.84. The van der Waals surface area contributed by atoms with Crippen LogP contribution in [0.15, 0.2) is 48.7 Å². The molecule has 0 spiro atoms. The van der Waals surface area contributed by atoms with Crippen molar-refractivity contribution in [2.75, 3.05) is 26.7 Å². The van der Waals surface area contributed by atoms with Crippen molar-refractivity contribution in [1.82, 2.24) is 20.2 Å². The lowest BCUT2D eigenvalue weighted by atomic mass is 10.0. The van der Waals surface area contributed by atoms with Gasteiger partial charge < -0.3 is 25.0 Å². The molecule has 35 heavy (non-hydrogen) atoms. The zero-order valence-corrected chi connectivity index (χ0v) is 20.7. The number of halogens is 2. The minimum atomic E-state index is -0.651. The number of hydrogen-bond acceptors (Lipinski definition) is 5. The van der Waals surface area contributed by atoms with Crippen LogP contribution >= 0.6 is 23.2 Å². The van der Waals surface area contributed by atoms with Crippen LogP contribution in [0.4, 0.5) is 0 Å². The molecular weight excluding hydrogens is 487 g/mol. The number of benzene rings is 2. The molecule has 2 aromatic carbocycles. The summed E-state index contributed by atoms with van der Waals surface area (Å²) < 4.78 is 5.34. The van der Waals surface area contributed by atoms with E-state index in [1.807, 2.05) is 24.3 Å². The normalized spacial score (nSPS) is 16.0. The van der Waals surface area contributed by atoms with Crippen LogP contribution in [0.2, 0.25) is 10.0 Å². The molecule has 1 fully saturated rings. The Morgan fingerprint density at radius 2 is 2.00 bits per heavy atom. The minimum absolute atomic E-state index is 0.0624. The number of aliphatic hydroxyl groups excluding tert-OH is 1. The molecule has 0 radical (unpaired) electrons. The predicted molar refractivity (Wildman–Crippen MR) is 139 cm³/mol. The molecule has 1 saturated heterocycles. The number of nitrogens with zero attached hydrogens (tertiary/aromatic N) is 2. The molecule has 1 amide bonds. The average Bonchev–Trinajstić information content (AvgIpc) is 3.29. The second-order valence-electron chi connectivity index (χ2n) is 8.88. The summed E-state index contributed by atoms with van der Waals surface area (Å²) in [4.78, 5) is 22.5. The van der Waals surface area contributed by atoms with Gasteiger partial charge in [0.05, 0.1) is 23.8 Å². The standard InChI is InChI=1S/C26H26Cl2N4O3/c1-35-17-2-3-22-19(12-17)18(4-7-29-22)25(33)14-32-8-5-16(6-9-32)30-26(34)24-13-20-21(28)10-15(27)11-23(20)31-24/h2-4,7,10-13,16,25,31,33H,5-6,8-9,14H2,1H3,(H,30,34)/t25-/m0/s1. The molecule has 0 saturated carbocycles. The highest BCUT2D eigenvalue weighted by Crippen LogP contribution is 2.29. The third-order valence-corrected chi connectivity index (χ3v) is 7.12. The van der Waals surface area contributed by atoms with Gasteiger partial charge in [0, 0.05) is 53.2 Å². The van der Waals surface area contributed by atoms with Gasteiger partial charge in [-0.3, -0.25) is 9.78 Å². The Balaban J connectivity index is 1.19. The monoisotopic (exact) mass is 512 g/mol. The molecule has 182 valence electrons.